The molecule has 2 aliphatic rings. The fraction of sp³-hybridized carbons (Fsp3) is 0.333. The summed E-state index contributed by atoms with van der Waals surface area (Å²) in [4.78, 5) is 26.3. The van der Waals surface area contributed by atoms with Crippen LogP contribution in [-0.2, 0) is 14.8 Å². The Labute approximate surface area is 175 Å². The van der Waals surface area contributed by atoms with Gasteiger partial charge in [0.25, 0.3) is 11.8 Å². The van der Waals surface area contributed by atoms with Crippen LogP contribution in [-0.4, -0.2) is 61.7 Å². The van der Waals surface area contributed by atoms with Crippen LogP contribution in [0, 0.1) is 6.92 Å². The van der Waals surface area contributed by atoms with Gasteiger partial charge in [0.1, 0.15) is 5.75 Å². The second-order valence-corrected chi connectivity index (χ2v) is 9.41. The van der Waals surface area contributed by atoms with Crippen LogP contribution in [0.1, 0.15) is 22.8 Å². The highest BCUT2D eigenvalue weighted by Gasteiger charge is 2.32. The lowest BCUT2D eigenvalue weighted by Crippen LogP contribution is -2.50. The van der Waals surface area contributed by atoms with E-state index < -0.39 is 16.1 Å². The van der Waals surface area contributed by atoms with Crippen LogP contribution >= 0.6 is 0 Å². The fourth-order valence-electron chi connectivity index (χ4n) is 3.59. The molecule has 9 heteroatoms. The lowest BCUT2D eigenvalue weighted by Gasteiger charge is -2.34. The molecule has 1 N–H and O–H groups in total. The van der Waals surface area contributed by atoms with Crippen molar-refractivity contribution in [3.63, 3.8) is 0 Å². The number of nitrogens with zero attached hydrogens (tertiary/aromatic N) is 2. The van der Waals surface area contributed by atoms with Gasteiger partial charge >= 0.3 is 0 Å². The standard InChI is InChI=1S/C21H23N3O5S/c1-14-4-3-5-16(12-14)21(26)23-8-10-24(11-9-23)30(27,28)17-6-7-19-18(13-17)22-20(25)15(2)29-19/h3-7,12-13,15H,8-11H2,1-2H3,(H,22,25)/t15-/m1/s1. The number of fused-ring (bicyclic) bond motifs is 1. The summed E-state index contributed by atoms with van der Waals surface area (Å²) in [6.45, 7) is 4.59. The molecular formula is C21H23N3O5S. The number of aryl methyl sites for hydroxylation is 1. The minimum atomic E-state index is -3.76. The van der Waals surface area contributed by atoms with Crippen LogP contribution in [0.25, 0.3) is 0 Å². The zero-order valence-electron chi connectivity index (χ0n) is 16.8. The van der Waals surface area contributed by atoms with Crippen molar-refractivity contribution >= 4 is 27.5 Å². The molecule has 0 saturated carbocycles. The van der Waals surface area contributed by atoms with E-state index in [1.165, 1.54) is 16.4 Å². The third-order valence-electron chi connectivity index (χ3n) is 5.31. The van der Waals surface area contributed by atoms with Crippen molar-refractivity contribution in [2.45, 2.75) is 24.8 Å². The molecule has 2 amide bonds. The minimum absolute atomic E-state index is 0.0816. The highest BCUT2D eigenvalue weighted by molar-refractivity contribution is 7.89. The Bertz CT molecular complexity index is 1110. The van der Waals surface area contributed by atoms with Crippen LogP contribution in [0.3, 0.4) is 0 Å². The zero-order chi connectivity index (χ0) is 21.5. The summed E-state index contributed by atoms with van der Waals surface area (Å²) in [7, 11) is -3.76. The molecule has 1 fully saturated rings. The zero-order valence-corrected chi connectivity index (χ0v) is 17.6. The van der Waals surface area contributed by atoms with E-state index in [9.17, 15) is 18.0 Å². The first kappa shape index (κ1) is 20.4. The predicted octanol–water partition coefficient (Wildman–Crippen LogP) is 1.86. The van der Waals surface area contributed by atoms with Crippen LogP contribution in [0.15, 0.2) is 47.4 Å². The average molecular weight is 429 g/mol. The van der Waals surface area contributed by atoms with E-state index in [1.807, 2.05) is 25.1 Å². The summed E-state index contributed by atoms with van der Waals surface area (Å²) in [5.74, 6) is 0.0217. The normalized spacial score (nSPS) is 19.6. The first-order valence-corrected chi connectivity index (χ1v) is 11.2. The molecule has 1 saturated heterocycles. The molecule has 2 aromatic carbocycles. The number of hydrogen-bond donors (Lipinski definition) is 1. The summed E-state index contributed by atoms with van der Waals surface area (Å²) in [6, 6.07) is 11.8. The van der Waals surface area contributed by atoms with E-state index in [-0.39, 0.29) is 29.8 Å². The minimum Gasteiger partial charge on any atom is -0.479 e. The van der Waals surface area contributed by atoms with Crippen LogP contribution in [0.2, 0.25) is 0 Å². The first-order valence-electron chi connectivity index (χ1n) is 9.73. The number of carbonyl (C=O) groups is 2. The molecule has 0 unspecified atom stereocenters. The highest BCUT2D eigenvalue weighted by atomic mass is 32.2. The summed E-state index contributed by atoms with van der Waals surface area (Å²) in [5, 5.41) is 2.67. The molecule has 0 aliphatic carbocycles. The van der Waals surface area contributed by atoms with Gasteiger partial charge in [-0.3, -0.25) is 9.59 Å². The molecule has 8 nitrogen and oxygen atoms in total. The Morgan fingerprint density at radius 1 is 1.10 bits per heavy atom. The predicted molar refractivity (Wildman–Crippen MR) is 111 cm³/mol. The van der Waals surface area contributed by atoms with E-state index in [0.29, 0.717) is 30.1 Å². The molecule has 0 radical (unpaired) electrons. The summed E-state index contributed by atoms with van der Waals surface area (Å²) in [6.07, 6.45) is -0.626. The van der Waals surface area contributed by atoms with E-state index in [0.717, 1.165) is 5.56 Å². The second-order valence-electron chi connectivity index (χ2n) is 7.47. The SMILES string of the molecule is Cc1cccc(C(=O)N2CCN(S(=O)(=O)c3ccc4c(c3)NC(=O)[C@@H](C)O4)CC2)c1. The number of amides is 2. The molecule has 4 rings (SSSR count). The Morgan fingerprint density at radius 3 is 2.53 bits per heavy atom. The lowest BCUT2D eigenvalue weighted by atomic mass is 10.1. The fourth-order valence-corrected chi connectivity index (χ4v) is 5.04. The van der Waals surface area contributed by atoms with Crippen molar-refractivity contribution in [3.05, 3.63) is 53.6 Å². The van der Waals surface area contributed by atoms with Crippen LogP contribution < -0.4 is 10.1 Å². The lowest BCUT2D eigenvalue weighted by molar-refractivity contribution is -0.122. The molecule has 2 heterocycles. The molecular weight excluding hydrogens is 406 g/mol. The maximum Gasteiger partial charge on any atom is 0.265 e. The van der Waals surface area contributed by atoms with Gasteiger partial charge in [0, 0.05) is 31.7 Å². The number of hydrogen-bond acceptors (Lipinski definition) is 5. The highest BCUT2D eigenvalue weighted by Crippen LogP contribution is 2.33. The number of nitrogens with one attached hydrogen (secondary N) is 1. The van der Waals surface area contributed by atoms with Gasteiger partial charge in [-0.1, -0.05) is 17.7 Å². The Morgan fingerprint density at radius 2 is 1.83 bits per heavy atom. The van der Waals surface area contributed by atoms with E-state index in [1.54, 1.807) is 24.0 Å². The van der Waals surface area contributed by atoms with Gasteiger partial charge < -0.3 is 15.0 Å². The van der Waals surface area contributed by atoms with Crippen LogP contribution in [0.5, 0.6) is 5.75 Å². The van der Waals surface area contributed by atoms with Crippen molar-refractivity contribution in [1.29, 1.82) is 0 Å². The van der Waals surface area contributed by atoms with Crippen LogP contribution in [0.4, 0.5) is 5.69 Å². The molecule has 0 aromatic heterocycles. The Hall–Kier alpha value is -2.91. The number of anilines is 1. The van der Waals surface area contributed by atoms with Gasteiger partial charge in [-0.25, -0.2) is 8.42 Å². The number of carbonyl (C=O) groups excluding carboxylic acids is 2. The average Bonchev–Trinajstić information content (AvgIpc) is 2.74. The van der Waals surface area contributed by atoms with Gasteiger partial charge in [-0.05, 0) is 44.2 Å². The van der Waals surface area contributed by atoms with Crippen molar-refractivity contribution in [3.8, 4) is 5.75 Å². The molecule has 0 bridgehead atoms. The first-order chi connectivity index (χ1) is 14.3. The quantitative estimate of drug-likeness (QED) is 0.804. The van der Waals surface area contributed by atoms with Gasteiger partial charge in [-0.15, -0.1) is 0 Å². The largest absolute Gasteiger partial charge is 0.479 e. The second kappa shape index (κ2) is 7.73. The number of benzene rings is 2. The maximum atomic E-state index is 13.1. The van der Waals surface area contributed by atoms with Crippen molar-refractivity contribution in [2.24, 2.45) is 0 Å². The molecule has 30 heavy (non-hydrogen) atoms. The smallest absolute Gasteiger partial charge is 0.265 e. The molecule has 2 aromatic rings. The third-order valence-corrected chi connectivity index (χ3v) is 7.21. The van der Waals surface area contributed by atoms with E-state index >= 15 is 0 Å². The number of piperazine rings is 1. The molecule has 0 spiro atoms. The molecule has 158 valence electrons. The summed E-state index contributed by atoms with van der Waals surface area (Å²) < 4.78 is 33.0. The third kappa shape index (κ3) is 3.78. The van der Waals surface area contributed by atoms with Crippen molar-refractivity contribution in [1.82, 2.24) is 9.21 Å². The number of sulfonamides is 1. The van der Waals surface area contributed by atoms with Gasteiger partial charge in [-0.2, -0.15) is 4.31 Å². The number of ether oxygens (including phenoxy) is 1. The molecule has 2 aliphatic heterocycles. The van der Waals surface area contributed by atoms with E-state index in [4.69, 9.17) is 4.74 Å². The Kier molecular flexibility index (Phi) is 5.25. The van der Waals surface area contributed by atoms with Gasteiger partial charge in [0.05, 0.1) is 10.6 Å². The number of rotatable bonds is 3. The van der Waals surface area contributed by atoms with Crippen molar-refractivity contribution < 1.29 is 22.7 Å². The van der Waals surface area contributed by atoms with Gasteiger partial charge in [0.15, 0.2) is 6.10 Å². The maximum absolute atomic E-state index is 13.1. The van der Waals surface area contributed by atoms with Gasteiger partial charge in [0.2, 0.25) is 10.0 Å². The molecule has 1 atom stereocenters. The summed E-state index contributed by atoms with van der Waals surface area (Å²) in [5.41, 5.74) is 1.94. The van der Waals surface area contributed by atoms with Crippen molar-refractivity contribution in [2.75, 3.05) is 31.5 Å². The summed E-state index contributed by atoms with van der Waals surface area (Å²) >= 11 is 0. The van der Waals surface area contributed by atoms with E-state index in [2.05, 4.69) is 5.32 Å². The Balaban J connectivity index is 1.47. The monoisotopic (exact) mass is 429 g/mol. The topological polar surface area (TPSA) is 96.0 Å².